The quantitative estimate of drug-likeness (QED) is 0.690. The molecule has 1 unspecified atom stereocenters. The van der Waals surface area contributed by atoms with E-state index in [4.69, 9.17) is 4.98 Å². The summed E-state index contributed by atoms with van der Waals surface area (Å²) in [5, 5.41) is 1.22. The van der Waals surface area contributed by atoms with E-state index in [1.807, 2.05) is 6.07 Å². The first kappa shape index (κ1) is 14.5. The molecule has 2 aromatic rings. The van der Waals surface area contributed by atoms with Gasteiger partial charge in [-0.05, 0) is 36.8 Å². The van der Waals surface area contributed by atoms with Gasteiger partial charge in [0.25, 0.3) is 0 Å². The molecular formula is C17H22BrN. The minimum Gasteiger partial charge on any atom is -0.253 e. The van der Waals surface area contributed by atoms with Crippen molar-refractivity contribution in [3.63, 3.8) is 0 Å². The van der Waals surface area contributed by atoms with Crippen LogP contribution in [0.2, 0.25) is 0 Å². The molecule has 0 aliphatic carbocycles. The Morgan fingerprint density at radius 1 is 1.11 bits per heavy atom. The molecule has 1 aromatic heterocycles. The van der Waals surface area contributed by atoms with Gasteiger partial charge in [-0.1, -0.05) is 61.0 Å². The zero-order valence-corrected chi connectivity index (χ0v) is 13.6. The molecule has 0 amide bonds. The maximum absolute atomic E-state index is 4.72. The number of para-hydroxylation sites is 1. The Labute approximate surface area is 124 Å². The fourth-order valence-corrected chi connectivity index (χ4v) is 2.47. The molecule has 19 heavy (non-hydrogen) atoms. The summed E-state index contributed by atoms with van der Waals surface area (Å²) in [6.45, 7) is 6.84. The largest absolute Gasteiger partial charge is 0.253 e. The Hall–Kier alpha value is -0.890. The number of fused-ring (bicyclic) bond motifs is 1. The second-order valence-electron chi connectivity index (χ2n) is 6.22. The Balaban J connectivity index is 1.95. The maximum Gasteiger partial charge on any atom is 0.0705 e. The van der Waals surface area contributed by atoms with E-state index < -0.39 is 0 Å². The molecule has 1 aromatic carbocycles. The van der Waals surface area contributed by atoms with E-state index >= 15 is 0 Å². The third-order valence-electron chi connectivity index (χ3n) is 3.49. The van der Waals surface area contributed by atoms with E-state index in [2.05, 4.69) is 67.0 Å². The topological polar surface area (TPSA) is 12.9 Å². The fraction of sp³-hybridized carbons (Fsp3) is 0.471. The summed E-state index contributed by atoms with van der Waals surface area (Å²) in [5.41, 5.74) is 2.63. The number of halogens is 1. The second-order valence-corrected chi connectivity index (χ2v) is 7.33. The molecule has 0 N–H and O–H groups in total. The fourth-order valence-electron chi connectivity index (χ4n) is 2.14. The number of aromatic nitrogens is 1. The maximum atomic E-state index is 4.72. The van der Waals surface area contributed by atoms with Gasteiger partial charge in [-0.25, -0.2) is 0 Å². The molecule has 1 atom stereocenters. The van der Waals surface area contributed by atoms with Crippen LogP contribution in [0, 0.1) is 5.41 Å². The standard InChI is InChI=1S/C17H22BrN/c1-17(2,3)16(18)10-6-8-14-12-11-13-7-4-5-9-15(13)19-14/h4-5,7,9,11-12,16H,6,8,10H2,1-3H3. The molecule has 0 saturated carbocycles. The molecule has 0 saturated heterocycles. The van der Waals surface area contributed by atoms with Gasteiger partial charge in [-0.2, -0.15) is 0 Å². The molecule has 0 fully saturated rings. The van der Waals surface area contributed by atoms with E-state index in [1.165, 1.54) is 23.9 Å². The smallest absolute Gasteiger partial charge is 0.0705 e. The zero-order chi connectivity index (χ0) is 13.9. The molecule has 2 heteroatoms. The number of rotatable bonds is 4. The van der Waals surface area contributed by atoms with E-state index in [-0.39, 0.29) is 0 Å². The highest BCUT2D eigenvalue weighted by Gasteiger charge is 2.20. The minimum atomic E-state index is 0.330. The van der Waals surface area contributed by atoms with Gasteiger partial charge < -0.3 is 0 Å². The first-order valence-corrected chi connectivity index (χ1v) is 7.87. The second kappa shape index (κ2) is 6.04. The van der Waals surface area contributed by atoms with Crippen molar-refractivity contribution in [1.29, 1.82) is 0 Å². The molecule has 0 radical (unpaired) electrons. The van der Waals surface area contributed by atoms with Crippen molar-refractivity contribution < 1.29 is 0 Å². The summed E-state index contributed by atoms with van der Waals surface area (Å²) in [6.07, 6.45) is 3.43. The number of benzene rings is 1. The van der Waals surface area contributed by atoms with Crippen molar-refractivity contribution >= 4 is 26.8 Å². The first-order valence-electron chi connectivity index (χ1n) is 6.95. The van der Waals surface area contributed by atoms with Crippen LogP contribution in [-0.4, -0.2) is 9.81 Å². The van der Waals surface area contributed by atoms with Gasteiger partial charge in [0.2, 0.25) is 0 Å². The van der Waals surface area contributed by atoms with Crippen LogP contribution in [0.3, 0.4) is 0 Å². The van der Waals surface area contributed by atoms with Crippen LogP contribution in [0.15, 0.2) is 36.4 Å². The average Bonchev–Trinajstić information content (AvgIpc) is 2.37. The molecular weight excluding hydrogens is 298 g/mol. The third kappa shape index (κ3) is 4.04. The van der Waals surface area contributed by atoms with Crippen LogP contribution in [0.5, 0.6) is 0 Å². The molecule has 102 valence electrons. The lowest BCUT2D eigenvalue weighted by atomic mass is 9.89. The SMILES string of the molecule is CC(C)(C)C(Br)CCCc1ccc2ccccc2n1. The van der Waals surface area contributed by atoms with Gasteiger partial charge in [0.05, 0.1) is 5.52 Å². The summed E-state index contributed by atoms with van der Waals surface area (Å²) in [4.78, 5) is 5.29. The Morgan fingerprint density at radius 2 is 1.84 bits per heavy atom. The third-order valence-corrected chi connectivity index (χ3v) is 5.32. The molecule has 1 heterocycles. The van der Waals surface area contributed by atoms with Crippen molar-refractivity contribution in [3.05, 3.63) is 42.1 Å². The summed E-state index contributed by atoms with van der Waals surface area (Å²) in [6, 6.07) is 12.6. The summed E-state index contributed by atoms with van der Waals surface area (Å²) in [7, 11) is 0. The lowest BCUT2D eigenvalue weighted by Crippen LogP contribution is -2.20. The number of alkyl halides is 1. The molecule has 1 nitrogen and oxygen atoms in total. The predicted octanol–water partition coefficient (Wildman–Crippen LogP) is 5.37. The number of nitrogens with zero attached hydrogens (tertiary/aromatic N) is 1. The van der Waals surface area contributed by atoms with Gasteiger partial charge in [0, 0.05) is 15.9 Å². The average molecular weight is 320 g/mol. The number of hydrogen-bond acceptors (Lipinski definition) is 1. The first-order chi connectivity index (χ1) is 8.97. The predicted molar refractivity (Wildman–Crippen MR) is 86.9 cm³/mol. The molecule has 0 spiro atoms. The Kier molecular flexibility index (Phi) is 4.62. The van der Waals surface area contributed by atoms with Crippen LogP contribution < -0.4 is 0 Å². The summed E-state index contributed by atoms with van der Waals surface area (Å²) >= 11 is 3.79. The summed E-state index contributed by atoms with van der Waals surface area (Å²) < 4.78 is 0. The van der Waals surface area contributed by atoms with Crippen LogP contribution in [0.4, 0.5) is 0 Å². The molecule has 0 bridgehead atoms. The van der Waals surface area contributed by atoms with Crippen LogP contribution in [0.1, 0.15) is 39.3 Å². The number of aryl methyl sites for hydroxylation is 1. The number of pyridine rings is 1. The van der Waals surface area contributed by atoms with E-state index in [1.54, 1.807) is 0 Å². The van der Waals surface area contributed by atoms with Crippen molar-refractivity contribution in [2.24, 2.45) is 5.41 Å². The van der Waals surface area contributed by atoms with Crippen molar-refractivity contribution in [3.8, 4) is 0 Å². The van der Waals surface area contributed by atoms with E-state index in [0.717, 1.165) is 11.9 Å². The highest BCUT2D eigenvalue weighted by molar-refractivity contribution is 9.09. The van der Waals surface area contributed by atoms with Crippen molar-refractivity contribution in [1.82, 2.24) is 4.98 Å². The lowest BCUT2D eigenvalue weighted by Gasteiger charge is -2.25. The Bertz CT molecular complexity index is 542. The van der Waals surface area contributed by atoms with Gasteiger partial charge in [-0.15, -0.1) is 0 Å². The van der Waals surface area contributed by atoms with Gasteiger partial charge >= 0.3 is 0 Å². The van der Waals surface area contributed by atoms with Crippen LogP contribution in [0.25, 0.3) is 10.9 Å². The van der Waals surface area contributed by atoms with Crippen LogP contribution in [-0.2, 0) is 6.42 Å². The highest BCUT2D eigenvalue weighted by Crippen LogP contribution is 2.29. The monoisotopic (exact) mass is 319 g/mol. The lowest BCUT2D eigenvalue weighted by molar-refractivity contribution is 0.380. The van der Waals surface area contributed by atoms with Gasteiger partial charge in [-0.3, -0.25) is 4.98 Å². The summed E-state index contributed by atoms with van der Waals surface area (Å²) in [5.74, 6) is 0. The molecule has 0 aliphatic rings. The Morgan fingerprint density at radius 3 is 2.58 bits per heavy atom. The van der Waals surface area contributed by atoms with Crippen LogP contribution >= 0.6 is 15.9 Å². The van der Waals surface area contributed by atoms with Crippen molar-refractivity contribution in [2.45, 2.75) is 44.9 Å². The molecule has 0 aliphatic heterocycles. The minimum absolute atomic E-state index is 0.330. The van der Waals surface area contributed by atoms with Gasteiger partial charge in [0.15, 0.2) is 0 Å². The van der Waals surface area contributed by atoms with E-state index in [0.29, 0.717) is 10.2 Å². The van der Waals surface area contributed by atoms with E-state index in [9.17, 15) is 0 Å². The number of hydrogen-bond donors (Lipinski definition) is 0. The van der Waals surface area contributed by atoms with Crippen molar-refractivity contribution in [2.75, 3.05) is 0 Å². The van der Waals surface area contributed by atoms with Gasteiger partial charge in [0.1, 0.15) is 0 Å². The zero-order valence-electron chi connectivity index (χ0n) is 12.0. The molecule has 2 rings (SSSR count). The normalized spacial score (nSPS) is 13.7. The highest BCUT2D eigenvalue weighted by atomic mass is 79.9.